The van der Waals surface area contributed by atoms with Crippen LogP contribution in [0.3, 0.4) is 0 Å². The van der Waals surface area contributed by atoms with Crippen LogP contribution in [0.25, 0.3) is 16.9 Å². The van der Waals surface area contributed by atoms with E-state index in [4.69, 9.17) is 0 Å². The molecule has 62 heavy (non-hydrogen) atoms. The van der Waals surface area contributed by atoms with Gasteiger partial charge < -0.3 is 19.4 Å². The van der Waals surface area contributed by atoms with Crippen molar-refractivity contribution in [1.82, 2.24) is 0 Å². The molecule has 0 aromatic heterocycles. The average Bonchev–Trinajstić information content (AvgIpc) is 3.55. The first-order valence-corrected chi connectivity index (χ1v) is 26.6. The van der Waals surface area contributed by atoms with Crippen molar-refractivity contribution >= 4 is 11.4 Å². The fourth-order valence-corrected chi connectivity index (χ4v) is 8.50. The molecule has 0 N–H and O–H groups in total. The van der Waals surface area contributed by atoms with E-state index < -0.39 is 0 Å². The minimum absolute atomic E-state index is 0. The van der Waals surface area contributed by atoms with Crippen molar-refractivity contribution in [3.63, 3.8) is 0 Å². The maximum Gasteiger partial charge on any atom is 2.00 e. The number of unbranched alkanes of at least 4 members (excludes halogenated alkanes) is 19. The quantitative estimate of drug-likeness (QED) is 0.0295. The maximum atomic E-state index is 12.3. The van der Waals surface area contributed by atoms with Crippen LogP contribution in [0.4, 0.5) is 0 Å². The van der Waals surface area contributed by atoms with Gasteiger partial charge in [-0.1, -0.05) is 190 Å². The summed E-state index contributed by atoms with van der Waals surface area (Å²) in [5.41, 5.74) is 25.3. The Morgan fingerprint density at radius 2 is 0.597 bits per heavy atom. The Balaban J connectivity index is 0.00000163. The maximum absolute atomic E-state index is 12.3. The van der Waals surface area contributed by atoms with Crippen LogP contribution in [0.15, 0.2) is 47.5 Å². The molecule has 356 valence electrons. The zero-order valence-electron chi connectivity index (χ0n) is 42.4. The standard InChI is InChI=1S/C41H62N2.2C9H19.Ni/c1-7-13-19-25-39-38(24-18-12-6)40(36-28-32(20-14-8-2)26-33(29-36)21-15-9-3)43(42)41(39)37-30-34(22-16-10-4)27-35(31-37)23-17-11-5;2*1-3-5-7-9-8-6-4-2;/h26-31H,7-25H2,1-6H3;2*1,3-9H2,2H3;/q;2*-1;+2. The van der Waals surface area contributed by atoms with Gasteiger partial charge in [-0.15, -0.1) is 0 Å². The second kappa shape index (κ2) is 40.5. The van der Waals surface area contributed by atoms with E-state index in [9.17, 15) is 5.53 Å². The Labute approximate surface area is 398 Å². The van der Waals surface area contributed by atoms with Crippen molar-refractivity contribution in [3.8, 4) is 0 Å². The van der Waals surface area contributed by atoms with Gasteiger partial charge in [0, 0.05) is 22.3 Å². The second-order valence-corrected chi connectivity index (χ2v) is 18.3. The van der Waals surface area contributed by atoms with E-state index in [0.717, 1.165) is 75.6 Å². The summed E-state index contributed by atoms with van der Waals surface area (Å²) in [5.74, 6) is 0. The summed E-state index contributed by atoms with van der Waals surface area (Å²) in [6.07, 6.45) is 40.9. The number of aryl methyl sites for hydroxylation is 4. The van der Waals surface area contributed by atoms with Crippen LogP contribution >= 0.6 is 0 Å². The zero-order chi connectivity index (χ0) is 44.9. The molecule has 1 heterocycles. The summed E-state index contributed by atoms with van der Waals surface area (Å²) in [6, 6.07) is 14.5. The van der Waals surface area contributed by atoms with Gasteiger partial charge in [0.15, 0.2) is 0 Å². The average molecular weight is 896 g/mol. The van der Waals surface area contributed by atoms with Crippen LogP contribution in [0, 0.1) is 13.8 Å². The molecule has 0 bridgehead atoms. The smallest absolute Gasteiger partial charge is 0.493 e. The molecule has 3 rings (SSSR count). The first-order valence-electron chi connectivity index (χ1n) is 26.6. The van der Waals surface area contributed by atoms with E-state index in [-0.39, 0.29) is 16.5 Å². The third kappa shape index (κ3) is 24.9. The number of rotatable bonds is 33. The third-order valence-electron chi connectivity index (χ3n) is 12.3. The minimum Gasteiger partial charge on any atom is -0.493 e. The molecule has 2 aromatic rings. The Morgan fingerprint density at radius 3 is 0.903 bits per heavy atom. The number of hydrogen-bond acceptors (Lipinski definition) is 0. The fraction of sp³-hybridized carbons (Fsp3) is 0.695. The zero-order valence-corrected chi connectivity index (χ0v) is 43.4. The predicted molar refractivity (Wildman–Crippen MR) is 275 cm³/mol. The Bertz CT molecular complexity index is 1390. The molecule has 1 aliphatic rings. The van der Waals surface area contributed by atoms with Crippen molar-refractivity contribution in [2.24, 2.45) is 0 Å². The van der Waals surface area contributed by atoms with Gasteiger partial charge >= 0.3 is 16.5 Å². The molecule has 3 heteroatoms. The molecule has 0 aliphatic carbocycles. The third-order valence-corrected chi connectivity index (χ3v) is 12.3. The van der Waals surface area contributed by atoms with Crippen LogP contribution in [0.1, 0.15) is 275 Å². The van der Waals surface area contributed by atoms with Crippen molar-refractivity contribution < 1.29 is 21.2 Å². The van der Waals surface area contributed by atoms with Crippen LogP contribution < -0.4 is 0 Å². The van der Waals surface area contributed by atoms with E-state index in [1.54, 1.807) is 4.70 Å². The molecular weight excluding hydrogens is 795 g/mol. The van der Waals surface area contributed by atoms with Gasteiger partial charge in [-0.2, -0.15) is 12.8 Å². The fourth-order valence-electron chi connectivity index (χ4n) is 8.50. The molecule has 0 saturated carbocycles. The molecule has 0 unspecified atom stereocenters. The van der Waals surface area contributed by atoms with Gasteiger partial charge in [-0.25, -0.2) is 4.70 Å². The molecule has 0 spiro atoms. The number of nitrogens with zero attached hydrogens (tertiary/aromatic N) is 2. The molecule has 2 nitrogen and oxygen atoms in total. The van der Waals surface area contributed by atoms with Gasteiger partial charge in [0.2, 0.25) is 11.4 Å². The van der Waals surface area contributed by atoms with E-state index in [0.29, 0.717) is 0 Å². The SMILES string of the molecule is CCCCCC1=C(c2cc(CCCC)cc(CCCC)c2)[N+](=[N-])C(c2cc(CCCC)cc(CCCC)c2)=C1CCCC.[CH2-]CCCCCCCC.[CH2-]CCCCCCCC.[Ni+2]. The van der Waals surface area contributed by atoms with Crippen molar-refractivity contribution in [3.05, 3.63) is 100 Å². The first kappa shape index (κ1) is 60.0. The van der Waals surface area contributed by atoms with E-state index >= 15 is 0 Å². The summed E-state index contributed by atoms with van der Waals surface area (Å²) in [6.45, 7) is 25.8. The first-order chi connectivity index (χ1) is 29.8. The molecule has 2 aromatic carbocycles. The number of benzene rings is 2. The van der Waals surface area contributed by atoms with Gasteiger partial charge in [-0.05, 0) is 124 Å². The van der Waals surface area contributed by atoms with E-state index in [1.165, 1.54) is 192 Å². The normalized spacial score (nSPS) is 12.3. The Morgan fingerprint density at radius 1 is 0.339 bits per heavy atom. The Hall–Kier alpha value is -1.99. The van der Waals surface area contributed by atoms with Crippen molar-refractivity contribution in [2.45, 2.75) is 267 Å². The molecule has 0 saturated heterocycles. The summed E-state index contributed by atoms with van der Waals surface area (Å²) < 4.78 is 1.64. The molecule has 0 atom stereocenters. The van der Waals surface area contributed by atoms with Crippen molar-refractivity contribution in [1.29, 1.82) is 0 Å². The monoisotopic (exact) mass is 895 g/mol. The van der Waals surface area contributed by atoms with E-state index in [2.05, 4.69) is 106 Å². The minimum atomic E-state index is 0. The molecular formula is C59H100N2Ni. The molecule has 1 aliphatic heterocycles. The second-order valence-electron chi connectivity index (χ2n) is 18.3. The van der Waals surface area contributed by atoms with Gasteiger partial charge in [0.05, 0.1) is 0 Å². The topological polar surface area (TPSA) is 25.3 Å². The molecule has 0 fully saturated rings. The van der Waals surface area contributed by atoms with Crippen LogP contribution in [-0.4, -0.2) is 4.70 Å². The summed E-state index contributed by atoms with van der Waals surface area (Å²) in [7, 11) is 0. The van der Waals surface area contributed by atoms with Crippen LogP contribution in [0.5, 0.6) is 0 Å². The van der Waals surface area contributed by atoms with E-state index in [1.807, 2.05) is 0 Å². The molecule has 0 amide bonds. The van der Waals surface area contributed by atoms with Gasteiger partial charge in [0.1, 0.15) is 0 Å². The number of allylic oxidation sites excluding steroid dienone is 2. The largest absolute Gasteiger partial charge is 2.00 e. The predicted octanol–water partition coefficient (Wildman–Crippen LogP) is 20.1. The van der Waals surface area contributed by atoms with Crippen LogP contribution in [-0.2, 0) is 42.2 Å². The molecule has 0 radical (unpaired) electrons. The van der Waals surface area contributed by atoms with Crippen LogP contribution in [0.2, 0.25) is 0 Å². The summed E-state index contributed by atoms with van der Waals surface area (Å²) in [4.78, 5) is 0. The summed E-state index contributed by atoms with van der Waals surface area (Å²) >= 11 is 0. The van der Waals surface area contributed by atoms with Gasteiger partial charge in [0.25, 0.3) is 0 Å². The van der Waals surface area contributed by atoms with Gasteiger partial charge in [-0.3, -0.25) is 0 Å². The Kier molecular flexibility index (Phi) is 39.2. The number of hydrogen-bond donors (Lipinski definition) is 0. The van der Waals surface area contributed by atoms with Crippen molar-refractivity contribution in [2.75, 3.05) is 0 Å². The summed E-state index contributed by atoms with van der Waals surface area (Å²) in [5, 5.41) is 0.